The number of nitrogens with one attached hydrogen (secondary N) is 1. The van der Waals surface area contributed by atoms with Crippen LogP contribution in [0.5, 0.6) is 0 Å². The Morgan fingerprint density at radius 1 is 1.25 bits per heavy atom. The van der Waals surface area contributed by atoms with Crippen molar-refractivity contribution >= 4 is 0 Å². The molecule has 0 fully saturated rings. The highest BCUT2D eigenvalue weighted by Crippen LogP contribution is 2.11. The van der Waals surface area contributed by atoms with Gasteiger partial charge in [0.1, 0.15) is 0 Å². The first-order chi connectivity index (χ1) is 7.83. The summed E-state index contributed by atoms with van der Waals surface area (Å²) in [5.41, 5.74) is 7.79. The molecule has 16 heavy (non-hydrogen) atoms. The van der Waals surface area contributed by atoms with Gasteiger partial charge in [-0.25, -0.2) is 0 Å². The van der Waals surface area contributed by atoms with Crippen molar-refractivity contribution in [1.82, 2.24) is 5.32 Å². The van der Waals surface area contributed by atoms with Gasteiger partial charge in [0.25, 0.3) is 0 Å². The van der Waals surface area contributed by atoms with Crippen molar-refractivity contribution in [2.75, 3.05) is 6.54 Å². The lowest BCUT2D eigenvalue weighted by molar-refractivity contribution is 0.635. The number of allylic oxidation sites excluding steroid dienone is 4. The maximum absolute atomic E-state index is 5.45. The van der Waals surface area contributed by atoms with Crippen molar-refractivity contribution in [1.29, 1.82) is 0 Å². The van der Waals surface area contributed by atoms with Crippen molar-refractivity contribution in [2.24, 2.45) is 5.73 Å². The van der Waals surface area contributed by atoms with Crippen LogP contribution in [0.4, 0.5) is 0 Å². The monoisotopic (exact) mass is 220 g/mol. The summed E-state index contributed by atoms with van der Waals surface area (Å²) in [6, 6.07) is 0. The normalized spacial score (nSPS) is 14.7. The number of hydrogen-bond donors (Lipinski definition) is 2. The molecule has 0 bridgehead atoms. The Bertz CT molecular complexity index is 264. The highest BCUT2D eigenvalue weighted by Gasteiger charge is 1.99. The molecule has 1 rings (SSSR count). The van der Waals surface area contributed by atoms with Crippen LogP contribution < -0.4 is 11.1 Å². The molecule has 0 spiro atoms. The van der Waals surface area contributed by atoms with E-state index in [9.17, 15) is 0 Å². The molecule has 0 heterocycles. The molecule has 0 unspecified atom stereocenters. The fourth-order valence-corrected chi connectivity index (χ4v) is 1.81. The van der Waals surface area contributed by atoms with Gasteiger partial charge >= 0.3 is 0 Å². The van der Waals surface area contributed by atoms with Crippen molar-refractivity contribution in [3.8, 4) is 0 Å². The van der Waals surface area contributed by atoms with Crippen LogP contribution in [0.25, 0.3) is 0 Å². The highest BCUT2D eigenvalue weighted by atomic mass is 14.9. The average molecular weight is 220 g/mol. The van der Waals surface area contributed by atoms with E-state index >= 15 is 0 Å². The Labute approximate surface area is 99.3 Å². The topological polar surface area (TPSA) is 38.0 Å². The third kappa shape index (κ3) is 5.76. The van der Waals surface area contributed by atoms with Crippen molar-refractivity contribution in [3.05, 3.63) is 36.2 Å². The van der Waals surface area contributed by atoms with Gasteiger partial charge in [-0.3, -0.25) is 0 Å². The van der Waals surface area contributed by atoms with Crippen LogP contribution in [0.15, 0.2) is 36.2 Å². The zero-order valence-corrected chi connectivity index (χ0v) is 10.2. The molecule has 0 amide bonds. The summed E-state index contributed by atoms with van der Waals surface area (Å²) < 4.78 is 0. The standard InChI is InChI=1S/C14H24N2/c1-13(9-5-2-3-8-12-15)16-14-10-6-4-7-11-14/h6,10-11,16H,1-5,7-9,12,15H2. The number of unbranched alkanes of at least 4 members (excludes halogenated alkanes) is 3. The second-order valence-electron chi connectivity index (χ2n) is 4.32. The largest absolute Gasteiger partial charge is 0.360 e. The van der Waals surface area contributed by atoms with Crippen LogP contribution in [-0.2, 0) is 0 Å². The Morgan fingerprint density at radius 3 is 2.75 bits per heavy atom. The Balaban J connectivity index is 2.06. The van der Waals surface area contributed by atoms with Crippen molar-refractivity contribution < 1.29 is 0 Å². The Hall–Kier alpha value is -1.02. The first-order valence-electron chi connectivity index (χ1n) is 6.34. The molecule has 0 saturated heterocycles. The summed E-state index contributed by atoms with van der Waals surface area (Å²) in [7, 11) is 0. The van der Waals surface area contributed by atoms with Crippen LogP contribution in [0.2, 0.25) is 0 Å². The fourth-order valence-electron chi connectivity index (χ4n) is 1.81. The Kier molecular flexibility index (Phi) is 6.66. The first kappa shape index (κ1) is 13.0. The zero-order valence-electron chi connectivity index (χ0n) is 10.2. The SMILES string of the molecule is C=C(CCCCCCN)NC1=CCCC=C1. The van der Waals surface area contributed by atoms with Crippen molar-refractivity contribution in [2.45, 2.75) is 44.9 Å². The quantitative estimate of drug-likeness (QED) is 0.616. The predicted octanol–water partition coefficient (Wildman–Crippen LogP) is 3.23. The van der Waals surface area contributed by atoms with Gasteiger partial charge in [-0.1, -0.05) is 31.6 Å². The van der Waals surface area contributed by atoms with Crippen molar-refractivity contribution in [3.63, 3.8) is 0 Å². The van der Waals surface area contributed by atoms with Gasteiger partial charge in [0.15, 0.2) is 0 Å². The summed E-state index contributed by atoms with van der Waals surface area (Å²) in [6.07, 6.45) is 14.8. The number of rotatable bonds is 8. The lowest BCUT2D eigenvalue weighted by atomic mass is 10.1. The number of hydrogen-bond acceptors (Lipinski definition) is 2. The second-order valence-corrected chi connectivity index (χ2v) is 4.32. The van der Waals surface area contributed by atoms with E-state index in [2.05, 4.69) is 30.1 Å². The lowest BCUT2D eigenvalue weighted by Gasteiger charge is -2.12. The molecule has 0 aromatic rings. The summed E-state index contributed by atoms with van der Waals surface area (Å²) in [4.78, 5) is 0. The summed E-state index contributed by atoms with van der Waals surface area (Å²) in [5.74, 6) is 0. The van der Waals surface area contributed by atoms with E-state index in [1.54, 1.807) is 0 Å². The Morgan fingerprint density at radius 2 is 2.06 bits per heavy atom. The molecule has 0 aliphatic heterocycles. The van der Waals surface area contributed by atoms with E-state index < -0.39 is 0 Å². The van der Waals surface area contributed by atoms with Gasteiger partial charge in [-0.05, 0) is 44.7 Å². The summed E-state index contributed by atoms with van der Waals surface area (Å²) >= 11 is 0. The zero-order chi connectivity index (χ0) is 11.6. The minimum atomic E-state index is 0.816. The molecule has 90 valence electrons. The van der Waals surface area contributed by atoms with Crippen LogP contribution in [0.1, 0.15) is 44.9 Å². The van der Waals surface area contributed by atoms with E-state index in [4.69, 9.17) is 5.73 Å². The van der Waals surface area contributed by atoms with E-state index in [1.807, 2.05) is 0 Å². The maximum atomic E-state index is 5.45. The van der Waals surface area contributed by atoms with Gasteiger partial charge < -0.3 is 11.1 Å². The average Bonchev–Trinajstić information content (AvgIpc) is 2.30. The third-order valence-electron chi connectivity index (χ3n) is 2.75. The maximum Gasteiger partial charge on any atom is 0.0338 e. The molecular weight excluding hydrogens is 196 g/mol. The van der Waals surface area contributed by atoms with E-state index in [0.717, 1.165) is 37.9 Å². The third-order valence-corrected chi connectivity index (χ3v) is 2.75. The second kappa shape index (κ2) is 8.17. The number of nitrogens with two attached hydrogens (primary N) is 1. The molecule has 0 aromatic carbocycles. The fraction of sp³-hybridized carbons (Fsp3) is 0.571. The van der Waals surface area contributed by atoms with Gasteiger partial charge in [0, 0.05) is 11.4 Å². The van der Waals surface area contributed by atoms with Gasteiger partial charge in [-0.15, -0.1) is 0 Å². The molecule has 2 heteroatoms. The van der Waals surface area contributed by atoms with Gasteiger partial charge in [0.2, 0.25) is 0 Å². The minimum absolute atomic E-state index is 0.816. The molecule has 2 nitrogen and oxygen atoms in total. The van der Waals surface area contributed by atoms with Crippen LogP contribution in [0.3, 0.4) is 0 Å². The van der Waals surface area contributed by atoms with Crippen LogP contribution >= 0.6 is 0 Å². The molecule has 1 aliphatic carbocycles. The molecule has 1 aliphatic rings. The van der Waals surface area contributed by atoms with Gasteiger partial charge in [-0.2, -0.15) is 0 Å². The van der Waals surface area contributed by atoms with E-state index in [1.165, 1.54) is 25.0 Å². The van der Waals surface area contributed by atoms with Crippen LogP contribution in [0, 0.1) is 0 Å². The minimum Gasteiger partial charge on any atom is -0.360 e. The molecule has 0 saturated carbocycles. The predicted molar refractivity (Wildman–Crippen MR) is 70.9 cm³/mol. The van der Waals surface area contributed by atoms with E-state index in [-0.39, 0.29) is 0 Å². The first-order valence-corrected chi connectivity index (χ1v) is 6.34. The molecule has 0 aromatic heterocycles. The smallest absolute Gasteiger partial charge is 0.0338 e. The van der Waals surface area contributed by atoms with E-state index in [0.29, 0.717) is 0 Å². The molecular formula is C14H24N2. The highest BCUT2D eigenvalue weighted by molar-refractivity contribution is 5.23. The lowest BCUT2D eigenvalue weighted by Crippen LogP contribution is -2.11. The van der Waals surface area contributed by atoms with Crippen LogP contribution in [-0.4, -0.2) is 6.54 Å². The molecule has 0 atom stereocenters. The summed E-state index contributed by atoms with van der Waals surface area (Å²) in [5, 5.41) is 3.36. The summed E-state index contributed by atoms with van der Waals surface area (Å²) in [6.45, 7) is 4.87. The van der Waals surface area contributed by atoms with Gasteiger partial charge in [0.05, 0.1) is 0 Å². The molecule has 3 N–H and O–H groups in total. The molecule has 0 radical (unpaired) electrons.